The summed E-state index contributed by atoms with van der Waals surface area (Å²) in [6.45, 7) is 6.89. The summed E-state index contributed by atoms with van der Waals surface area (Å²) in [5.74, 6) is -0.230. The van der Waals surface area contributed by atoms with Crippen LogP contribution >= 0.6 is 27.3 Å². The first-order valence-corrected chi connectivity index (χ1v) is 7.76. The molecule has 1 N–H and O–H groups in total. The van der Waals surface area contributed by atoms with Crippen LogP contribution in [0.1, 0.15) is 34.1 Å². The lowest BCUT2D eigenvalue weighted by atomic mass is 10.1. The van der Waals surface area contributed by atoms with Crippen molar-refractivity contribution in [1.29, 1.82) is 0 Å². The van der Waals surface area contributed by atoms with Gasteiger partial charge in [-0.05, 0) is 44.2 Å². The SMILES string of the molecule is CCNC(c1nc(C)c(C)s1)c1cc(F)ccc1Br. The number of thiazole rings is 1. The first-order valence-electron chi connectivity index (χ1n) is 6.15. The van der Waals surface area contributed by atoms with Crippen LogP contribution in [0, 0.1) is 19.7 Å². The van der Waals surface area contributed by atoms with Gasteiger partial charge in [0, 0.05) is 9.35 Å². The van der Waals surface area contributed by atoms with Gasteiger partial charge in [-0.3, -0.25) is 0 Å². The zero-order chi connectivity index (χ0) is 14.0. The van der Waals surface area contributed by atoms with Crippen LogP contribution in [0.15, 0.2) is 22.7 Å². The van der Waals surface area contributed by atoms with Crippen LogP contribution in [0.5, 0.6) is 0 Å². The van der Waals surface area contributed by atoms with E-state index in [0.29, 0.717) is 0 Å². The van der Waals surface area contributed by atoms with E-state index in [1.807, 2.05) is 13.8 Å². The van der Waals surface area contributed by atoms with Crippen molar-refractivity contribution in [2.45, 2.75) is 26.8 Å². The largest absolute Gasteiger partial charge is 0.305 e. The second-order valence-corrected chi connectivity index (χ2v) is 6.44. The Labute approximate surface area is 125 Å². The number of nitrogens with zero attached hydrogens (tertiary/aromatic N) is 1. The summed E-state index contributed by atoms with van der Waals surface area (Å²) in [5.41, 5.74) is 1.92. The van der Waals surface area contributed by atoms with E-state index in [1.165, 1.54) is 10.9 Å². The number of aryl methyl sites for hydroxylation is 2. The minimum atomic E-state index is -0.230. The minimum Gasteiger partial charge on any atom is -0.305 e. The Kier molecular flexibility index (Phi) is 4.71. The van der Waals surface area contributed by atoms with Crippen molar-refractivity contribution >= 4 is 27.3 Å². The van der Waals surface area contributed by atoms with Gasteiger partial charge < -0.3 is 5.32 Å². The fourth-order valence-electron chi connectivity index (χ4n) is 1.89. The second kappa shape index (κ2) is 6.11. The van der Waals surface area contributed by atoms with Gasteiger partial charge in [-0.2, -0.15) is 0 Å². The average molecular weight is 343 g/mol. The third-order valence-corrected chi connectivity index (χ3v) is 4.83. The maximum absolute atomic E-state index is 13.5. The van der Waals surface area contributed by atoms with Gasteiger partial charge in [0.15, 0.2) is 0 Å². The van der Waals surface area contributed by atoms with Crippen molar-refractivity contribution in [2.24, 2.45) is 0 Å². The smallest absolute Gasteiger partial charge is 0.123 e. The van der Waals surface area contributed by atoms with E-state index >= 15 is 0 Å². The first kappa shape index (κ1) is 14.6. The Morgan fingerprint density at radius 2 is 2.16 bits per heavy atom. The quantitative estimate of drug-likeness (QED) is 0.892. The van der Waals surface area contributed by atoms with Crippen molar-refractivity contribution in [1.82, 2.24) is 10.3 Å². The van der Waals surface area contributed by atoms with Gasteiger partial charge >= 0.3 is 0 Å². The molecule has 1 atom stereocenters. The number of aromatic nitrogens is 1. The molecular weight excluding hydrogens is 327 g/mol. The molecule has 19 heavy (non-hydrogen) atoms. The van der Waals surface area contributed by atoms with Crippen molar-refractivity contribution in [2.75, 3.05) is 6.54 Å². The maximum Gasteiger partial charge on any atom is 0.123 e. The molecule has 2 aromatic rings. The molecule has 5 heteroatoms. The molecule has 0 bridgehead atoms. The second-order valence-electron chi connectivity index (χ2n) is 4.35. The van der Waals surface area contributed by atoms with Gasteiger partial charge in [0.05, 0.1) is 11.7 Å². The predicted molar refractivity (Wildman–Crippen MR) is 81.2 cm³/mol. The minimum absolute atomic E-state index is 0.0764. The highest BCUT2D eigenvalue weighted by atomic mass is 79.9. The molecular formula is C14H16BrFN2S. The molecule has 0 spiro atoms. The highest BCUT2D eigenvalue weighted by Gasteiger charge is 2.20. The summed E-state index contributed by atoms with van der Waals surface area (Å²) < 4.78 is 14.4. The summed E-state index contributed by atoms with van der Waals surface area (Å²) >= 11 is 5.15. The lowest BCUT2D eigenvalue weighted by molar-refractivity contribution is 0.599. The zero-order valence-electron chi connectivity index (χ0n) is 11.1. The third-order valence-electron chi connectivity index (χ3n) is 2.97. The van der Waals surface area contributed by atoms with Crippen molar-refractivity contribution in [3.05, 3.63) is 49.6 Å². The fraction of sp³-hybridized carbons (Fsp3) is 0.357. The van der Waals surface area contributed by atoms with Gasteiger partial charge in [-0.1, -0.05) is 22.9 Å². The number of hydrogen-bond acceptors (Lipinski definition) is 3. The van der Waals surface area contributed by atoms with Gasteiger partial charge in [0.1, 0.15) is 10.8 Å². The normalized spacial score (nSPS) is 12.7. The van der Waals surface area contributed by atoms with Gasteiger partial charge in [0.2, 0.25) is 0 Å². The van der Waals surface area contributed by atoms with Crippen LogP contribution in [0.4, 0.5) is 4.39 Å². The Bertz CT molecular complexity index is 563. The van der Waals surface area contributed by atoms with E-state index in [2.05, 4.69) is 33.2 Å². The van der Waals surface area contributed by atoms with Crippen LogP contribution < -0.4 is 5.32 Å². The Morgan fingerprint density at radius 1 is 1.42 bits per heavy atom. The van der Waals surface area contributed by atoms with E-state index in [4.69, 9.17) is 0 Å². The summed E-state index contributed by atoms with van der Waals surface area (Å²) in [6, 6.07) is 4.67. The first-order chi connectivity index (χ1) is 9.02. The maximum atomic E-state index is 13.5. The van der Waals surface area contributed by atoms with Gasteiger partial charge in [-0.25, -0.2) is 9.37 Å². The molecule has 0 saturated carbocycles. The lowest BCUT2D eigenvalue weighted by Crippen LogP contribution is -2.22. The Balaban J connectivity index is 2.47. The lowest BCUT2D eigenvalue weighted by Gasteiger charge is -2.17. The van der Waals surface area contributed by atoms with Crippen molar-refractivity contribution in [3.8, 4) is 0 Å². The molecule has 0 aliphatic heterocycles. The summed E-state index contributed by atoms with van der Waals surface area (Å²) in [4.78, 5) is 5.79. The van der Waals surface area contributed by atoms with Gasteiger partial charge in [0.25, 0.3) is 0 Å². The van der Waals surface area contributed by atoms with Crippen LogP contribution in [-0.2, 0) is 0 Å². The van der Waals surface area contributed by atoms with E-state index in [1.54, 1.807) is 23.5 Å². The molecule has 2 rings (SSSR count). The molecule has 0 aliphatic rings. The van der Waals surface area contributed by atoms with Crippen LogP contribution in [0.3, 0.4) is 0 Å². The molecule has 0 amide bonds. The Morgan fingerprint density at radius 3 is 2.74 bits per heavy atom. The fourth-order valence-corrected chi connectivity index (χ4v) is 3.38. The molecule has 1 unspecified atom stereocenters. The van der Waals surface area contributed by atoms with E-state index < -0.39 is 0 Å². The molecule has 0 saturated heterocycles. The van der Waals surface area contributed by atoms with E-state index in [-0.39, 0.29) is 11.9 Å². The summed E-state index contributed by atoms with van der Waals surface area (Å²) in [5, 5.41) is 4.35. The number of benzene rings is 1. The predicted octanol–water partition coefficient (Wildman–Crippen LogP) is 4.36. The summed E-state index contributed by atoms with van der Waals surface area (Å²) in [7, 11) is 0. The van der Waals surface area contributed by atoms with Crippen molar-refractivity contribution in [3.63, 3.8) is 0 Å². The molecule has 1 aromatic heterocycles. The number of rotatable bonds is 4. The Hall–Kier alpha value is -0.780. The number of hydrogen-bond donors (Lipinski definition) is 1. The number of nitrogens with one attached hydrogen (secondary N) is 1. The highest BCUT2D eigenvalue weighted by molar-refractivity contribution is 9.10. The van der Waals surface area contributed by atoms with Gasteiger partial charge in [-0.15, -0.1) is 11.3 Å². The standard InChI is InChI=1S/C14H16BrFN2S/c1-4-17-13(14-18-8(2)9(3)19-14)11-7-10(16)5-6-12(11)15/h5-7,13,17H,4H2,1-3H3. The molecule has 1 aromatic carbocycles. The topological polar surface area (TPSA) is 24.9 Å². The zero-order valence-corrected chi connectivity index (χ0v) is 13.5. The van der Waals surface area contributed by atoms with Crippen molar-refractivity contribution < 1.29 is 4.39 Å². The molecule has 0 aliphatic carbocycles. The van der Waals surface area contributed by atoms with Crippen LogP contribution in [0.25, 0.3) is 0 Å². The van der Waals surface area contributed by atoms with E-state index in [9.17, 15) is 4.39 Å². The molecule has 1 heterocycles. The molecule has 2 nitrogen and oxygen atoms in total. The monoisotopic (exact) mass is 342 g/mol. The molecule has 102 valence electrons. The van der Waals surface area contributed by atoms with E-state index in [0.717, 1.165) is 27.3 Å². The third kappa shape index (κ3) is 3.22. The summed E-state index contributed by atoms with van der Waals surface area (Å²) in [6.07, 6.45) is 0. The van der Waals surface area contributed by atoms with Crippen LogP contribution in [-0.4, -0.2) is 11.5 Å². The highest BCUT2D eigenvalue weighted by Crippen LogP contribution is 2.32. The average Bonchev–Trinajstić information content (AvgIpc) is 2.70. The number of halogens is 2. The molecule has 0 radical (unpaired) electrons. The molecule has 0 fully saturated rings. The van der Waals surface area contributed by atoms with Crippen LogP contribution in [0.2, 0.25) is 0 Å².